The number of carboxylic acids is 1. The van der Waals surface area contributed by atoms with Crippen LogP contribution in [0.3, 0.4) is 0 Å². The van der Waals surface area contributed by atoms with E-state index >= 15 is 0 Å². The van der Waals surface area contributed by atoms with Gasteiger partial charge in [0.15, 0.2) is 0 Å². The smallest absolute Gasteiger partial charge is 0.411 e. The average molecular weight is 299 g/mol. The Kier molecular flexibility index (Phi) is 6.05. The van der Waals surface area contributed by atoms with Crippen LogP contribution >= 0.6 is 0 Å². The minimum atomic E-state index is -0.916. The standard InChI is InChI=1S/C14H23NO4.C2H6/c1-14(2,3)19-13(18)15-10-7-5-4-6-9(10)8-11(15)12(16)17;1-2/h9-11H,4-8H2,1-3H3,(H,16,17);1-2H3. The average Bonchev–Trinajstić information content (AvgIpc) is 2.78. The molecule has 5 nitrogen and oxygen atoms in total. The van der Waals surface area contributed by atoms with Crippen molar-refractivity contribution >= 4 is 12.1 Å². The largest absolute Gasteiger partial charge is 0.480 e. The van der Waals surface area contributed by atoms with Gasteiger partial charge in [-0.1, -0.05) is 26.7 Å². The van der Waals surface area contributed by atoms with Gasteiger partial charge >= 0.3 is 12.1 Å². The molecule has 0 aromatic heterocycles. The van der Waals surface area contributed by atoms with E-state index in [1.54, 1.807) is 20.8 Å². The molecular weight excluding hydrogens is 270 g/mol. The molecule has 0 radical (unpaired) electrons. The zero-order valence-corrected chi connectivity index (χ0v) is 13.9. The van der Waals surface area contributed by atoms with Crippen LogP contribution in [0.5, 0.6) is 0 Å². The Morgan fingerprint density at radius 3 is 2.24 bits per heavy atom. The van der Waals surface area contributed by atoms with Gasteiger partial charge in [0.05, 0.1) is 0 Å². The molecule has 1 saturated heterocycles. The topological polar surface area (TPSA) is 66.8 Å². The lowest BCUT2D eigenvalue weighted by Gasteiger charge is -2.34. The summed E-state index contributed by atoms with van der Waals surface area (Å²) < 4.78 is 5.37. The molecule has 1 amide bonds. The number of aliphatic carboxylic acids is 1. The van der Waals surface area contributed by atoms with Crippen LogP contribution in [0.15, 0.2) is 0 Å². The lowest BCUT2D eigenvalue weighted by Crippen LogP contribution is -2.48. The maximum absolute atomic E-state index is 12.3. The van der Waals surface area contributed by atoms with Crippen molar-refractivity contribution in [2.45, 2.75) is 84.4 Å². The highest BCUT2D eigenvalue weighted by Crippen LogP contribution is 2.40. The van der Waals surface area contributed by atoms with E-state index in [9.17, 15) is 14.7 Å². The molecule has 1 N–H and O–H groups in total. The van der Waals surface area contributed by atoms with Crippen molar-refractivity contribution in [1.82, 2.24) is 4.90 Å². The highest BCUT2D eigenvalue weighted by Gasteiger charge is 2.48. The number of rotatable bonds is 1. The van der Waals surface area contributed by atoms with Crippen molar-refractivity contribution in [1.29, 1.82) is 0 Å². The molecule has 1 aliphatic carbocycles. The fourth-order valence-electron chi connectivity index (χ4n) is 3.26. The number of likely N-dealkylation sites (tertiary alicyclic amines) is 1. The van der Waals surface area contributed by atoms with Gasteiger partial charge in [0.1, 0.15) is 11.6 Å². The Hall–Kier alpha value is -1.26. The number of ether oxygens (including phenoxy) is 1. The Balaban J connectivity index is 0.00000106. The Morgan fingerprint density at radius 1 is 1.14 bits per heavy atom. The monoisotopic (exact) mass is 299 g/mol. The number of carbonyl (C=O) groups excluding carboxylic acids is 1. The van der Waals surface area contributed by atoms with Gasteiger partial charge in [-0.2, -0.15) is 0 Å². The van der Waals surface area contributed by atoms with Crippen LogP contribution in [0.2, 0.25) is 0 Å². The van der Waals surface area contributed by atoms with E-state index in [1.165, 1.54) is 4.90 Å². The SMILES string of the molecule is CC.CC(C)(C)OC(=O)N1C(C(=O)O)CC2CCCCC21. The van der Waals surface area contributed by atoms with Gasteiger partial charge in [-0.3, -0.25) is 4.90 Å². The minimum Gasteiger partial charge on any atom is -0.480 e. The van der Waals surface area contributed by atoms with E-state index < -0.39 is 23.7 Å². The fourth-order valence-corrected chi connectivity index (χ4v) is 3.26. The quantitative estimate of drug-likeness (QED) is 0.802. The Morgan fingerprint density at radius 2 is 1.71 bits per heavy atom. The molecule has 3 atom stereocenters. The maximum atomic E-state index is 12.3. The number of carbonyl (C=O) groups is 2. The van der Waals surface area contributed by atoms with E-state index in [-0.39, 0.29) is 6.04 Å². The molecule has 0 bridgehead atoms. The fraction of sp³-hybridized carbons (Fsp3) is 0.875. The van der Waals surface area contributed by atoms with Crippen LogP contribution < -0.4 is 0 Å². The molecule has 0 aromatic carbocycles. The number of fused-ring (bicyclic) bond motifs is 1. The van der Waals surface area contributed by atoms with Crippen molar-refractivity contribution in [2.24, 2.45) is 5.92 Å². The maximum Gasteiger partial charge on any atom is 0.411 e. The van der Waals surface area contributed by atoms with E-state index in [0.717, 1.165) is 25.7 Å². The minimum absolute atomic E-state index is 0.0460. The summed E-state index contributed by atoms with van der Waals surface area (Å²) in [5.41, 5.74) is -0.590. The van der Waals surface area contributed by atoms with Crippen LogP contribution in [0.25, 0.3) is 0 Å². The summed E-state index contributed by atoms with van der Waals surface area (Å²) in [4.78, 5) is 25.1. The number of nitrogens with zero attached hydrogens (tertiary/aromatic N) is 1. The van der Waals surface area contributed by atoms with Gasteiger partial charge in [0.25, 0.3) is 0 Å². The first-order valence-corrected chi connectivity index (χ1v) is 8.04. The number of carboxylic acid groups (broad SMARTS) is 1. The molecule has 2 rings (SSSR count). The van der Waals surface area contributed by atoms with Gasteiger partial charge in [0.2, 0.25) is 0 Å². The predicted octanol–water partition coefficient (Wildman–Crippen LogP) is 3.67. The predicted molar refractivity (Wildman–Crippen MR) is 81.2 cm³/mol. The van der Waals surface area contributed by atoms with Gasteiger partial charge < -0.3 is 9.84 Å². The van der Waals surface area contributed by atoms with Crippen molar-refractivity contribution in [3.05, 3.63) is 0 Å². The summed E-state index contributed by atoms with van der Waals surface area (Å²) in [6.07, 6.45) is 4.21. The zero-order chi connectivity index (χ0) is 16.2. The second-order valence-electron chi connectivity index (χ2n) is 6.59. The van der Waals surface area contributed by atoms with Gasteiger partial charge in [-0.05, 0) is 46.0 Å². The number of amides is 1. The summed E-state index contributed by atoms with van der Waals surface area (Å²) in [5, 5.41) is 9.33. The van der Waals surface area contributed by atoms with Crippen LogP contribution in [0, 0.1) is 5.92 Å². The zero-order valence-electron chi connectivity index (χ0n) is 13.9. The van der Waals surface area contributed by atoms with Gasteiger partial charge in [0, 0.05) is 6.04 Å². The van der Waals surface area contributed by atoms with Gasteiger partial charge in [-0.15, -0.1) is 0 Å². The normalized spacial score (nSPS) is 28.2. The van der Waals surface area contributed by atoms with Crippen molar-refractivity contribution < 1.29 is 19.4 Å². The lowest BCUT2D eigenvalue weighted by atomic mass is 9.85. The molecule has 0 aromatic rings. The molecule has 1 heterocycles. The highest BCUT2D eigenvalue weighted by molar-refractivity contribution is 5.81. The van der Waals surface area contributed by atoms with Crippen molar-refractivity contribution in [3.63, 3.8) is 0 Å². The summed E-state index contributed by atoms with van der Waals surface area (Å²) in [7, 11) is 0. The van der Waals surface area contributed by atoms with Crippen molar-refractivity contribution in [2.75, 3.05) is 0 Å². The second-order valence-corrected chi connectivity index (χ2v) is 6.59. The third-order valence-corrected chi connectivity index (χ3v) is 3.98. The third-order valence-electron chi connectivity index (χ3n) is 3.98. The highest BCUT2D eigenvalue weighted by atomic mass is 16.6. The molecule has 1 aliphatic heterocycles. The molecule has 3 unspecified atom stereocenters. The van der Waals surface area contributed by atoms with Crippen LogP contribution in [-0.4, -0.2) is 39.8 Å². The summed E-state index contributed by atoms with van der Waals surface area (Å²) in [6.45, 7) is 9.40. The molecule has 5 heteroatoms. The Labute approximate surface area is 127 Å². The third kappa shape index (κ3) is 4.35. The summed E-state index contributed by atoms with van der Waals surface area (Å²) in [6, 6.07) is -0.673. The molecule has 122 valence electrons. The lowest BCUT2D eigenvalue weighted by molar-refractivity contribution is -0.142. The molecule has 0 spiro atoms. The molecule has 1 saturated carbocycles. The van der Waals surface area contributed by atoms with E-state index in [0.29, 0.717) is 12.3 Å². The number of hydrogen-bond acceptors (Lipinski definition) is 3. The number of hydrogen-bond donors (Lipinski definition) is 1. The van der Waals surface area contributed by atoms with Crippen LogP contribution in [-0.2, 0) is 9.53 Å². The van der Waals surface area contributed by atoms with Crippen LogP contribution in [0.1, 0.15) is 66.7 Å². The van der Waals surface area contributed by atoms with Crippen LogP contribution in [0.4, 0.5) is 4.79 Å². The first-order valence-electron chi connectivity index (χ1n) is 8.04. The summed E-state index contributed by atoms with van der Waals surface area (Å²) in [5.74, 6) is -0.595. The second kappa shape index (κ2) is 7.14. The summed E-state index contributed by atoms with van der Waals surface area (Å²) >= 11 is 0. The van der Waals surface area contributed by atoms with E-state index in [4.69, 9.17) is 4.74 Å². The molecular formula is C16H29NO4. The van der Waals surface area contributed by atoms with Crippen molar-refractivity contribution in [3.8, 4) is 0 Å². The van der Waals surface area contributed by atoms with E-state index in [1.807, 2.05) is 13.8 Å². The molecule has 2 aliphatic rings. The van der Waals surface area contributed by atoms with E-state index in [2.05, 4.69) is 0 Å². The molecule has 21 heavy (non-hydrogen) atoms. The molecule has 2 fully saturated rings. The Bertz CT molecular complexity index is 375. The first kappa shape index (κ1) is 17.8. The first-order chi connectivity index (χ1) is 9.79. The van der Waals surface area contributed by atoms with Gasteiger partial charge in [-0.25, -0.2) is 9.59 Å².